The molecule has 2 rings (SSSR count). The normalized spacial score (nSPS) is 10.5. The van der Waals surface area contributed by atoms with E-state index in [0.29, 0.717) is 12.4 Å². The quantitative estimate of drug-likeness (QED) is 0.912. The van der Waals surface area contributed by atoms with Crippen molar-refractivity contribution >= 4 is 5.95 Å². The average Bonchev–Trinajstić information content (AvgIpc) is 2.39. The maximum Gasteiger partial charge on any atom is 0.321 e. The van der Waals surface area contributed by atoms with Gasteiger partial charge in [0.1, 0.15) is 0 Å². The summed E-state index contributed by atoms with van der Waals surface area (Å²) in [5.74, 6) is 0.733. The number of hydrogen-bond donors (Lipinski definition) is 1. The van der Waals surface area contributed by atoms with Crippen molar-refractivity contribution in [3.8, 4) is 17.4 Å². The number of benzene rings is 1. The minimum Gasteiger partial charge on any atom is -0.463 e. The Hall–Kier alpha value is -2.17. The van der Waals surface area contributed by atoms with Crippen LogP contribution in [-0.4, -0.2) is 21.6 Å². The second-order valence-electron chi connectivity index (χ2n) is 4.40. The van der Waals surface area contributed by atoms with Crippen molar-refractivity contribution < 1.29 is 4.74 Å². The molecule has 19 heavy (non-hydrogen) atoms. The van der Waals surface area contributed by atoms with Crippen molar-refractivity contribution in [2.75, 3.05) is 12.3 Å². The molecular formula is C14H18N4O. The third-order valence-electron chi connectivity index (χ3n) is 2.91. The fraction of sp³-hybridized carbons (Fsp3) is 0.357. The minimum atomic E-state index is 0.178. The van der Waals surface area contributed by atoms with Gasteiger partial charge in [-0.25, -0.2) is 0 Å². The highest BCUT2D eigenvalue weighted by atomic mass is 16.5. The predicted molar refractivity (Wildman–Crippen MR) is 74.9 cm³/mol. The van der Waals surface area contributed by atoms with E-state index >= 15 is 0 Å². The zero-order chi connectivity index (χ0) is 13.8. The van der Waals surface area contributed by atoms with Gasteiger partial charge in [0.2, 0.25) is 5.95 Å². The van der Waals surface area contributed by atoms with E-state index in [9.17, 15) is 0 Å². The molecule has 1 aromatic carbocycles. The Morgan fingerprint density at radius 1 is 1.16 bits per heavy atom. The first kappa shape index (κ1) is 13.3. The Morgan fingerprint density at radius 2 is 1.95 bits per heavy atom. The Balaban J connectivity index is 2.44. The van der Waals surface area contributed by atoms with Gasteiger partial charge in [0, 0.05) is 5.56 Å². The van der Waals surface area contributed by atoms with E-state index in [4.69, 9.17) is 10.5 Å². The van der Waals surface area contributed by atoms with Crippen LogP contribution in [0.2, 0.25) is 0 Å². The summed E-state index contributed by atoms with van der Waals surface area (Å²) in [5.41, 5.74) is 8.99. The molecular weight excluding hydrogens is 240 g/mol. The molecule has 5 nitrogen and oxygen atoms in total. The lowest BCUT2D eigenvalue weighted by Gasteiger charge is -2.09. The molecule has 0 aliphatic rings. The molecule has 1 heterocycles. The second kappa shape index (κ2) is 5.65. The van der Waals surface area contributed by atoms with E-state index < -0.39 is 0 Å². The van der Waals surface area contributed by atoms with Crippen LogP contribution in [0.15, 0.2) is 18.2 Å². The lowest BCUT2D eigenvalue weighted by molar-refractivity contribution is 0.292. The molecule has 2 N–H and O–H groups in total. The Labute approximate surface area is 112 Å². The monoisotopic (exact) mass is 258 g/mol. The summed E-state index contributed by atoms with van der Waals surface area (Å²) in [5, 5.41) is 0. The fourth-order valence-corrected chi connectivity index (χ4v) is 1.74. The van der Waals surface area contributed by atoms with E-state index in [1.54, 1.807) is 0 Å². The van der Waals surface area contributed by atoms with Gasteiger partial charge < -0.3 is 10.5 Å². The number of aromatic nitrogens is 3. The second-order valence-corrected chi connectivity index (χ2v) is 4.40. The number of nitrogens with two attached hydrogens (primary N) is 1. The maximum atomic E-state index is 5.71. The highest BCUT2D eigenvalue weighted by Crippen LogP contribution is 2.23. The summed E-state index contributed by atoms with van der Waals surface area (Å²) in [6, 6.07) is 6.29. The fourth-order valence-electron chi connectivity index (χ4n) is 1.74. The van der Waals surface area contributed by atoms with E-state index in [-0.39, 0.29) is 12.0 Å². The molecule has 0 fully saturated rings. The first-order valence-corrected chi connectivity index (χ1v) is 6.32. The summed E-state index contributed by atoms with van der Waals surface area (Å²) in [6.07, 6.45) is 0.893. The van der Waals surface area contributed by atoms with Gasteiger partial charge in [0.25, 0.3) is 0 Å². The van der Waals surface area contributed by atoms with Gasteiger partial charge >= 0.3 is 6.01 Å². The number of hydrogen-bond acceptors (Lipinski definition) is 5. The van der Waals surface area contributed by atoms with Crippen LogP contribution in [0.25, 0.3) is 11.4 Å². The van der Waals surface area contributed by atoms with Crippen LogP contribution in [0, 0.1) is 13.8 Å². The van der Waals surface area contributed by atoms with Crippen LogP contribution >= 0.6 is 0 Å². The molecule has 0 aliphatic carbocycles. The standard InChI is InChI=1S/C14H18N4O/c1-4-8-19-14-17-12(16-13(15)18-14)11-7-5-6-9(2)10(11)3/h5-7H,4,8H2,1-3H3,(H2,15,16,17,18). The van der Waals surface area contributed by atoms with Gasteiger partial charge in [0.05, 0.1) is 6.61 Å². The molecule has 2 aromatic rings. The zero-order valence-electron chi connectivity index (χ0n) is 11.5. The van der Waals surface area contributed by atoms with Crippen LogP contribution in [0.1, 0.15) is 24.5 Å². The molecule has 0 aliphatic heterocycles. The molecule has 1 aromatic heterocycles. The van der Waals surface area contributed by atoms with Crippen LogP contribution < -0.4 is 10.5 Å². The van der Waals surface area contributed by atoms with Gasteiger partial charge in [-0.15, -0.1) is 0 Å². The number of ether oxygens (including phenoxy) is 1. The molecule has 0 atom stereocenters. The zero-order valence-corrected chi connectivity index (χ0v) is 11.5. The Bertz CT molecular complexity index is 584. The molecule has 0 saturated carbocycles. The van der Waals surface area contributed by atoms with Crippen molar-refractivity contribution in [3.05, 3.63) is 29.3 Å². The summed E-state index contributed by atoms with van der Waals surface area (Å²) >= 11 is 0. The smallest absolute Gasteiger partial charge is 0.321 e. The maximum absolute atomic E-state index is 5.71. The van der Waals surface area contributed by atoms with Gasteiger partial charge in [-0.05, 0) is 31.4 Å². The van der Waals surface area contributed by atoms with E-state index in [1.165, 1.54) is 5.56 Å². The molecule has 0 radical (unpaired) electrons. The summed E-state index contributed by atoms with van der Waals surface area (Å²) in [4.78, 5) is 12.5. The molecule has 100 valence electrons. The van der Waals surface area contributed by atoms with Gasteiger partial charge in [-0.1, -0.05) is 25.1 Å². The largest absolute Gasteiger partial charge is 0.463 e. The number of anilines is 1. The summed E-state index contributed by atoms with van der Waals surface area (Å²) < 4.78 is 5.43. The first-order chi connectivity index (χ1) is 9.11. The third-order valence-corrected chi connectivity index (χ3v) is 2.91. The van der Waals surface area contributed by atoms with Crippen molar-refractivity contribution in [2.24, 2.45) is 0 Å². The molecule has 0 unspecified atom stereocenters. The molecule has 0 bridgehead atoms. The van der Waals surface area contributed by atoms with Crippen molar-refractivity contribution in [1.82, 2.24) is 15.0 Å². The summed E-state index contributed by atoms with van der Waals surface area (Å²) in [6.45, 7) is 6.68. The topological polar surface area (TPSA) is 73.9 Å². The van der Waals surface area contributed by atoms with Crippen molar-refractivity contribution in [3.63, 3.8) is 0 Å². The van der Waals surface area contributed by atoms with Gasteiger partial charge in [-0.2, -0.15) is 15.0 Å². The third kappa shape index (κ3) is 2.99. The number of nitrogen functional groups attached to an aromatic ring is 1. The molecule has 0 spiro atoms. The van der Waals surface area contributed by atoms with Crippen LogP contribution in [-0.2, 0) is 0 Å². The number of aryl methyl sites for hydroxylation is 1. The minimum absolute atomic E-state index is 0.178. The summed E-state index contributed by atoms with van der Waals surface area (Å²) in [7, 11) is 0. The van der Waals surface area contributed by atoms with Gasteiger partial charge in [0.15, 0.2) is 5.82 Å². The van der Waals surface area contributed by atoms with E-state index in [1.807, 2.05) is 26.0 Å². The van der Waals surface area contributed by atoms with Crippen molar-refractivity contribution in [1.29, 1.82) is 0 Å². The lowest BCUT2D eigenvalue weighted by Crippen LogP contribution is -2.06. The van der Waals surface area contributed by atoms with Crippen LogP contribution in [0.4, 0.5) is 5.95 Å². The van der Waals surface area contributed by atoms with Crippen LogP contribution in [0.3, 0.4) is 0 Å². The molecule has 0 amide bonds. The highest BCUT2D eigenvalue weighted by Gasteiger charge is 2.10. The Morgan fingerprint density at radius 3 is 2.68 bits per heavy atom. The number of nitrogens with zero attached hydrogens (tertiary/aromatic N) is 3. The van der Waals surface area contributed by atoms with E-state index in [2.05, 4.69) is 27.9 Å². The lowest BCUT2D eigenvalue weighted by atomic mass is 10.0. The molecule has 5 heteroatoms. The SMILES string of the molecule is CCCOc1nc(N)nc(-c2cccc(C)c2C)n1. The molecule has 0 saturated heterocycles. The van der Waals surface area contributed by atoms with Gasteiger partial charge in [-0.3, -0.25) is 0 Å². The first-order valence-electron chi connectivity index (χ1n) is 6.32. The predicted octanol–water partition coefficient (Wildman–Crippen LogP) is 2.53. The highest BCUT2D eigenvalue weighted by molar-refractivity contribution is 5.62. The Kier molecular flexibility index (Phi) is 3.94. The number of rotatable bonds is 4. The van der Waals surface area contributed by atoms with Crippen molar-refractivity contribution in [2.45, 2.75) is 27.2 Å². The average molecular weight is 258 g/mol. The van der Waals surface area contributed by atoms with E-state index in [0.717, 1.165) is 17.5 Å². The van der Waals surface area contributed by atoms with Crippen LogP contribution in [0.5, 0.6) is 6.01 Å².